The van der Waals surface area contributed by atoms with Crippen molar-refractivity contribution >= 4 is 40.3 Å². The second-order valence-electron chi connectivity index (χ2n) is 11.8. The first-order valence-electron chi connectivity index (χ1n) is 15.7. The van der Waals surface area contributed by atoms with Crippen LogP contribution in [0.5, 0.6) is 11.8 Å². The van der Waals surface area contributed by atoms with E-state index in [1.165, 1.54) is 18.2 Å². The molecule has 0 spiro atoms. The third-order valence-electron chi connectivity index (χ3n) is 8.83. The van der Waals surface area contributed by atoms with Gasteiger partial charge in [-0.1, -0.05) is 23.7 Å². The molecule has 2 aliphatic rings. The molecule has 2 saturated heterocycles. The first kappa shape index (κ1) is 33.1. The SMILES string of the molecule is COc1ccc(Cl)cc1-c1ccc2c(N3CCN(C(=O)/C(F)=C/c4ccccn4)[C@@H](CC#N)C3)nc(OC[C@@H]3CCCN3C)nc2c1F. The van der Waals surface area contributed by atoms with Crippen molar-refractivity contribution in [2.45, 2.75) is 31.3 Å². The Morgan fingerprint density at radius 1 is 1.12 bits per heavy atom. The first-order chi connectivity index (χ1) is 23.3. The van der Waals surface area contributed by atoms with Gasteiger partial charge in [0.1, 0.15) is 23.7 Å². The lowest BCUT2D eigenvalue weighted by molar-refractivity contribution is -0.131. The molecule has 2 aromatic heterocycles. The summed E-state index contributed by atoms with van der Waals surface area (Å²) >= 11 is 6.28. The monoisotopic (exact) mass is 673 g/mol. The number of anilines is 1. The molecule has 4 heterocycles. The van der Waals surface area contributed by atoms with E-state index in [-0.39, 0.29) is 49.2 Å². The number of likely N-dealkylation sites (tertiary alicyclic amines) is 1. The smallest absolute Gasteiger partial charge is 0.319 e. The molecule has 48 heavy (non-hydrogen) atoms. The normalized spacial score (nSPS) is 18.6. The summed E-state index contributed by atoms with van der Waals surface area (Å²) in [5.74, 6) is -1.58. The number of amides is 1. The van der Waals surface area contributed by atoms with Crippen molar-refractivity contribution in [3.8, 4) is 29.0 Å². The van der Waals surface area contributed by atoms with Crippen LogP contribution in [0.2, 0.25) is 5.02 Å². The third-order valence-corrected chi connectivity index (χ3v) is 9.07. The molecule has 2 fully saturated rings. The number of rotatable bonds is 9. The molecule has 10 nitrogen and oxygen atoms in total. The van der Waals surface area contributed by atoms with Gasteiger partial charge in [-0.2, -0.15) is 15.2 Å². The zero-order valence-electron chi connectivity index (χ0n) is 26.6. The molecule has 0 unspecified atom stereocenters. The van der Waals surface area contributed by atoms with E-state index < -0.39 is 23.6 Å². The average molecular weight is 674 g/mol. The zero-order chi connectivity index (χ0) is 33.8. The number of nitrogens with zero attached hydrogens (tertiary/aromatic N) is 7. The fourth-order valence-electron chi connectivity index (χ4n) is 6.28. The fraction of sp³-hybridized carbons (Fsp3) is 0.343. The summed E-state index contributed by atoms with van der Waals surface area (Å²) in [6, 6.07) is 14.9. The number of hydrogen-bond acceptors (Lipinski definition) is 9. The Kier molecular flexibility index (Phi) is 9.98. The maximum absolute atomic E-state index is 16.5. The van der Waals surface area contributed by atoms with Crippen molar-refractivity contribution in [1.82, 2.24) is 24.8 Å². The van der Waals surface area contributed by atoms with Crippen LogP contribution in [0.3, 0.4) is 0 Å². The van der Waals surface area contributed by atoms with Crippen LogP contribution in [0.1, 0.15) is 25.0 Å². The van der Waals surface area contributed by atoms with E-state index in [0.29, 0.717) is 39.8 Å². The minimum atomic E-state index is -0.976. The van der Waals surface area contributed by atoms with Crippen LogP contribution in [0.25, 0.3) is 28.1 Å². The standard InChI is InChI=1S/C35H34ClF2N7O3/c1-43-15-5-7-25(43)21-48-35-41-32-27(10-9-26(31(32)38)28-18-22(36)8-11-30(28)47-2)33(42-35)44-16-17-45(24(20-44)12-13-39)34(46)29(37)19-23-6-3-4-14-40-23/h3-4,6,8-11,14,18-19,24-25H,5,7,12,15-17,20-21H2,1-2H3/b29-19-/t24-,25-/m0/s1. The quantitative estimate of drug-likeness (QED) is 0.201. The van der Waals surface area contributed by atoms with Crippen LogP contribution in [0, 0.1) is 17.1 Å². The van der Waals surface area contributed by atoms with Crippen molar-refractivity contribution < 1.29 is 23.0 Å². The van der Waals surface area contributed by atoms with E-state index in [4.69, 9.17) is 26.1 Å². The molecular formula is C35H34ClF2N7O3. The van der Waals surface area contributed by atoms with E-state index in [1.54, 1.807) is 48.5 Å². The number of fused-ring (bicyclic) bond motifs is 1. The Hall–Kier alpha value is -4.86. The summed E-state index contributed by atoms with van der Waals surface area (Å²) in [7, 11) is 3.53. The van der Waals surface area contributed by atoms with Gasteiger partial charge in [-0.15, -0.1) is 0 Å². The number of carbonyl (C=O) groups is 1. The van der Waals surface area contributed by atoms with E-state index in [9.17, 15) is 10.1 Å². The molecule has 0 radical (unpaired) electrons. The fourth-order valence-corrected chi connectivity index (χ4v) is 6.45. The lowest BCUT2D eigenvalue weighted by Gasteiger charge is -2.41. The summed E-state index contributed by atoms with van der Waals surface area (Å²) in [6.07, 6.45) is 4.55. The molecule has 0 saturated carbocycles. The number of halogens is 3. The Morgan fingerprint density at radius 2 is 1.98 bits per heavy atom. The van der Waals surface area contributed by atoms with Crippen LogP contribution < -0.4 is 14.4 Å². The first-order valence-corrected chi connectivity index (χ1v) is 16.0. The van der Waals surface area contributed by atoms with E-state index in [1.807, 2.05) is 11.9 Å². The Morgan fingerprint density at radius 3 is 2.71 bits per heavy atom. The van der Waals surface area contributed by atoms with Gasteiger partial charge in [-0.25, -0.2) is 8.78 Å². The molecular weight excluding hydrogens is 640 g/mol. The number of carbonyl (C=O) groups excluding carboxylic acids is 1. The van der Waals surface area contributed by atoms with Crippen molar-refractivity contribution in [2.24, 2.45) is 0 Å². The number of aromatic nitrogens is 3. The zero-order valence-corrected chi connectivity index (χ0v) is 27.3. The summed E-state index contributed by atoms with van der Waals surface area (Å²) < 4.78 is 43.3. The molecule has 2 aromatic carbocycles. The second kappa shape index (κ2) is 14.5. The van der Waals surface area contributed by atoms with Crippen molar-refractivity contribution in [2.75, 3.05) is 51.8 Å². The van der Waals surface area contributed by atoms with Gasteiger partial charge in [0.2, 0.25) is 0 Å². The number of likely N-dealkylation sites (N-methyl/N-ethyl adjacent to an activating group) is 1. The van der Waals surface area contributed by atoms with Crippen LogP contribution in [-0.2, 0) is 4.79 Å². The van der Waals surface area contributed by atoms with Gasteiger partial charge < -0.3 is 24.2 Å². The maximum atomic E-state index is 16.5. The Bertz CT molecular complexity index is 1890. The second-order valence-corrected chi connectivity index (χ2v) is 12.2. The Balaban J connectivity index is 1.37. The predicted molar refractivity (Wildman–Crippen MR) is 179 cm³/mol. The van der Waals surface area contributed by atoms with Gasteiger partial charge in [-0.3, -0.25) is 9.78 Å². The molecule has 0 bridgehead atoms. The van der Waals surface area contributed by atoms with Gasteiger partial charge in [0.05, 0.1) is 31.3 Å². The van der Waals surface area contributed by atoms with Crippen molar-refractivity contribution in [3.63, 3.8) is 0 Å². The van der Waals surface area contributed by atoms with Crippen LogP contribution >= 0.6 is 11.6 Å². The number of nitriles is 1. The van der Waals surface area contributed by atoms with E-state index in [2.05, 4.69) is 20.9 Å². The summed E-state index contributed by atoms with van der Waals surface area (Å²) in [4.78, 5) is 32.0. The van der Waals surface area contributed by atoms with Gasteiger partial charge in [0, 0.05) is 59.5 Å². The number of hydrogen-bond donors (Lipinski definition) is 0. The minimum absolute atomic E-state index is 0.00610. The molecule has 1 amide bonds. The van der Waals surface area contributed by atoms with Crippen LogP contribution in [0.15, 0.2) is 60.6 Å². The lowest BCUT2D eigenvalue weighted by atomic mass is 10.0. The van der Waals surface area contributed by atoms with Crippen molar-refractivity contribution in [3.05, 3.63) is 77.1 Å². The molecule has 2 aliphatic heterocycles. The topological polar surface area (TPSA) is 108 Å². The Labute approximate surface area is 282 Å². The highest BCUT2D eigenvalue weighted by molar-refractivity contribution is 6.31. The van der Waals surface area contributed by atoms with Crippen LogP contribution in [-0.4, -0.2) is 89.7 Å². The number of methoxy groups -OCH3 is 1. The van der Waals surface area contributed by atoms with Gasteiger partial charge in [0.25, 0.3) is 5.91 Å². The lowest BCUT2D eigenvalue weighted by Crippen LogP contribution is -2.55. The molecule has 0 N–H and O–H groups in total. The average Bonchev–Trinajstić information content (AvgIpc) is 3.51. The van der Waals surface area contributed by atoms with Crippen molar-refractivity contribution in [1.29, 1.82) is 5.26 Å². The molecule has 13 heteroatoms. The molecule has 248 valence electrons. The van der Waals surface area contributed by atoms with E-state index >= 15 is 8.78 Å². The van der Waals surface area contributed by atoms with Gasteiger partial charge >= 0.3 is 6.01 Å². The number of ether oxygens (including phenoxy) is 2. The van der Waals surface area contributed by atoms with Gasteiger partial charge in [0.15, 0.2) is 11.6 Å². The summed E-state index contributed by atoms with van der Waals surface area (Å²) in [5, 5.41) is 10.5. The highest BCUT2D eigenvalue weighted by Gasteiger charge is 2.34. The molecule has 0 aliphatic carbocycles. The van der Waals surface area contributed by atoms with E-state index in [0.717, 1.165) is 25.5 Å². The molecule has 4 aromatic rings. The summed E-state index contributed by atoms with van der Waals surface area (Å²) in [6.45, 7) is 1.78. The largest absolute Gasteiger partial charge is 0.496 e. The number of benzene rings is 2. The summed E-state index contributed by atoms with van der Waals surface area (Å²) in [5.41, 5.74) is 1.04. The number of piperazine rings is 1. The molecule has 6 rings (SSSR count). The van der Waals surface area contributed by atoms with Gasteiger partial charge in [-0.05, 0) is 62.8 Å². The maximum Gasteiger partial charge on any atom is 0.319 e. The highest BCUT2D eigenvalue weighted by Crippen LogP contribution is 2.39. The number of pyridine rings is 1. The molecule has 2 atom stereocenters. The highest BCUT2D eigenvalue weighted by atomic mass is 35.5. The van der Waals surface area contributed by atoms with Crippen LogP contribution in [0.4, 0.5) is 14.6 Å². The predicted octanol–water partition coefficient (Wildman–Crippen LogP) is 5.91. The third kappa shape index (κ3) is 6.88. The minimum Gasteiger partial charge on any atom is -0.496 e.